The topological polar surface area (TPSA) is 54.5 Å². The van der Waals surface area contributed by atoms with Gasteiger partial charge in [0, 0.05) is 19.1 Å². The highest BCUT2D eigenvalue weighted by atomic mass is 32.1. The Balaban J connectivity index is 1.46. The molecule has 0 saturated carbocycles. The standard InChI is InChI=1S/C19H15F4N3O2S/c20-13-5-3-7-15-16(13)25-18(29-15)24-11-8-9-26(10-11)17(27)12-4-1-2-6-14(12)28-19(21,22)23/h1-7,11H,8-10H2,(H,24,25). The number of benzene rings is 2. The van der Waals surface area contributed by atoms with E-state index in [9.17, 15) is 22.4 Å². The summed E-state index contributed by atoms with van der Waals surface area (Å²) in [6.45, 7) is 0.660. The van der Waals surface area contributed by atoms with Crippen molar-refractivity contribution < 1.29 is 27.1 Å². The lowest BCUT2D eigenvalue weighted by Gasteiger charge is -2.19. The van der Waals surface area contributed by atoms with E-state index in [1.807, 2.05) is 0 Å². The zero-order valence-electron chi connectivity index (χ0n) is 14.9. The molecule has 1 fully saturated rings. The molecule has 0 bridgehead atoms. The highest BCUT2D eigenvalue weighted by Crippen LogP contribution is 2.30. The van der Waals surface area contributed by atoms with Crippen molar-refractivity contribution in [1.29, 1.82) is 0 Å². The number of hydrogen-bond donors (Lipinski definition) is 1. The first-order chi connectivity index (χ1) is 13.8. The van der Waals surface area contributed by atoms with Gasteiger partial charge in [-0.2, -0.15) is 0 Å². The Morgan fingerprint density at radius 3 is 2.76 bits per heavy atom. The van der Waals surface area contributed by atoms with E-state index in [2.05, 4.69) is 15.0 Å². The average molecular weight is 425 g/mol. The van der Waals surface area contributed by atoms with E-state index in [1.54, 1.807) is 12.1 Å². The van der Waals surface area contributed by atoms with E-state index in [0.717, 1.165) is 6.07 Å². The quantitative estimate of drug-likeness (QED) is 0.618. The molecule has 0 aliphatic carbocycles. The van der Waals surface area contributed by atoms with Crippen LogP contribution in [-0.2, 0) is 0 Å². The van der Waals surface area contributed by atoms with Crippen molar-refractivity contribution in [2.75, 3.05) is 18.4 Å². The van der Waals surface area contributed by atoms with Crippen LogP contribution in [0, 0.1) is 5.82 Å². The van der Waals surface area contributed by atoms with Crippen LogP contribution in [0.5, 0.6) is 5.75 Å². The molecule has 2 heterocycles. The molecule has 29 heavy (non-hydrogen) atoms. The predicted octanol–water partition coefficient (Wildman–Crippen LogP) is 4.66. The Morgan fingerprint density at radius 2 is 2.00 bits per heavy atom. The monoisotopic (exact) mass is 425 g/mol. The zero-order valence-corrected chi connectivity index (χ0v) is 15.7. The number of aromatic nitrogens is 1. The van der Waals surface area contributed by atoms with E-state index in [4.69, 9.17) is 0 Å². The predicted molar refractivity (Wildman–Crippen MR) is 101 cm³/mol. The van der Waals surface area contributed by atoms with Crippen LogP contribution < -0.4 is 10.1 Å². The number of likely N-dealkylation sites (tertiary alicyclic amines) is 1. The normalized spacial score (nSPS) is 17.0. The van der Waals surface area contributed by atoms with Crippen molar-refractivity contribution in [2.45, 2.75) is 18.8 Å². The molecule has 1 aromatic heterocycles. The fourth-order valence-corrected chi connectivity index (χ4v) is 4.20. The molecule has 0 radical (unpaired) electrons. The van der Waals surface area contributed by atoms with Crippen LogP contribution in [0.1, 0.15) is 16.8 Å². The number of anilines is 1. The average Bonchev–Trinajstić information content (AvgIpc) is 3.28. The first-order valence-electron chi connectivity index (χ1n) is 8.76. The fourth-order valence-electron chi connectivity index (χ4n) is 3.24. The van der Waals surface area contributed by atoms with E-state index in [0.29, 0.717) is 22.8 Å². The Hall–Kier alpha value is -2.88. The third-order valence-corrected chi connectivity index (χ3v) is 5.47. The van der Waals surface area contributed by atoms with Crippen molar-refractivity contribution in [3.8, 4) is 5.75 Å². The van der Waals surface area contributed by atoms with Gasteiger partial charge in [-0.15, -0.1) is 13.2 Å². The number of rotatable bonds is 4. The number of ether oxygens (including phenoxy) is 1. The van der Waals surface area contributed by atoms with Crippen LogP contribution in [0.25, 0.3) is 10.2 Å². The van der Waals surface area contributed by atoms with Crippen LogP contribution in [0.4, 0.5) is 22.7 Å². The molecule has 1 amide bonds. The number of hydrogen-bond acceptors (Lipinski definition) is 5. The molecule has 152 valence electrons. The smallest absolute Gasteiger partial charge is 0.405 e. The van der Waals surface area contributed by atoms with E-state index >= 15 is 0 Å². The zero-order chi connectivity index (χ0) is 20.6. The number of carbonyl (C=O) groups excluding carboxylic acids is 1. The van der Waals surface area contributed by atoms with Crippen molar-refractivity contribution in [2.24, 2.45) is 0 Å². The van der Waals surface area contributed by atoms with Crippen molar-refractivity contribution in [3.63, 3.8) is 0 Å². The maximum absolute atomic E-state index is 13.8. The number of amides is 1. The Labute approximate surface area is 166 Å². The van der Waals surface area contributed by atoms with Gasteiger partial charge in [0.2, 0.25) is 0 Å². The molecule has 1 aliphatic rings. The van der Waals surface area contributed by atoms with Crippen molar-refractivity contribution in [1.82, 2.24) is 9.88 Å². The molecule has 10 heteroatoms. The van der Waals surface area contributed by atoms with Gasteiger partial charge in [-0.25, -0.2) is 9.37 Å². The Morgan fingerprint density at radius 1 is 1.21 bits per heavy atom. The molecule has 1 N–H and O–H groups in total. The minimum absolute atomic E-state index is 0.140. The van der Waals surface area contributed by atoms with E-state index in [1.165, 1.54) is 40.5 Å². The molecule has 2 aromatic carbocycles. The number of thiazole rings is 1. The lowest BCUT2D eigenvalue weighted by Crippen LogP contribution is -2.32. The van der Waals surface area contributed by atoms with Gasteiger partial charge in [-0.3, -0.25) is 4.79 Å². The lowest BCUT2D eigenvalue weighted by molar-refractivity contribution is -0.274. The molecular formula is C19H15F4N3O2S. The van der Waals surface area contributed by atoms with Gasteiger partial charge in [0.05, 0.1) is 10.3 Å². The molecule has 0 spiro atoms. The molecule has 5 nitrogen and oxygen atoms in total. The molecular weight excluding hydrogens is 410 g/mol. The van der Waals surface area contributed by atoms with Crippen molar-refractivity contribution >= 4 is 32.6 Å². The molecule has 1 atom stereocenters. The van der Waals surface area contributed by atoms with Crippen LogP contribution in [0.2, 0.25) is 0 Å². The van der Waals surface area contributed by atoms with E-state index < -0.39 is 23.8 Å². The summed E-state index contributed by atoms with van der Waals surface area (Å²) in [4.78, 5) is 18.4. The summed E-state index contributed by atoms with van der Waals surface area (Å²) in [7, 11) is 0. The molecule has 4 rings (SSSR count). The van der Waals surface area contributed by atoms with Crippen LogP contribution in [-0.4, -0.2) is 41.3 Å². The summed E-state index contributed by atoms with van der Waals surface area (Å²) < 4.78 is 56.3. The molecule has 3 aromatic rings. The maximum atomic E-state index is 13.8. The SMILES string of the molecule is O=C(c1ccccc1OC(F)(F)F)N1CCC(Nc2nc3c(F)cccc3s2)C1. The second kappa shape index (κ2) is 7.51. The first-order valence-corrected chi connectivity index (χ1v) is 9.57. The fraction of sp³-hybridized carbons (Fsp3) is 0.263. The molecule has 1 unspecified atom stereocenters. The third kappa shape index (κ3) is 4.26. The van der Waals surface area contributed by atoms with Gasteiger partial charge >= 0.3 is 6.36 Å². The molecule has 1 saturated heterocycles. The van der Waals surface area contributed by atoms with Gasteiger partial charge in [0.1, 0.15) is 17.1 Å². The minimum Gasteiger partial charge on any atom is -0.405 e. The summed E-state index contributed by atoms with van der Waals surface area (Å²) in [5, 5.41) is 3.71. The number of nitrogens with one attached hydrogen (secondary N) is 1. The van der Waals surface area contributed by atoms with Gasteiger partial charge in [-0.05, 0) is 30.7 Å². The largest absolute Gasteiger partial charge is 0.573 e. The number of carbonyl (C=O) groups is 1. The second-order valence-corrected chi connectivity index (χ2v) is 7.56. The summed E-state index contributed by atoms with van der Waals surface area (Å²) >= 11 is 1.30. The van der Waals surface area contributed by atoms with Crippen LogP contribution >= 0.6 is 11.3 Å². The van der Waals surface area contributed by atoms with Gasteiger partial charge in [-0.1, -0.05) is 29.5 Å². The summed E-state index contributed by atoms with van der Waals surface area (Å²) in [5.74, 6) is -1.47. The Kier molecular flexibility index (Phi) is 5.03. The number of nitrogens with zero attached hydrogens (tertiary/aromatic N) is 2. The summed E-state index contributed by atoms with van der Waals surface area (Å²) in [6, 6.07) is 9.85. The number of halogens is 4. The van der Waals surface area contributed by atoms with Crippen LogP contribution in [0.15, 0.2) is 42.5 Å². The Bertz CT molecular complexity index is 1050. The molecule has 1 aliphatic heterocycles. The van der Waals surface area contributed by atoms with Gasteiger partial charge in [0.15, 0.2) is 5.13 Å². The number of para-hydroxylation sites is 2. The first kappa shape index (κ1) is 19.4. The summed E-state index contributed by atoms with van der Waals surface area (Å²) in [6.07, 6.45) is -4.29. The van der Waals surface area contributed by atoms with Crippen molar-refractivity contribution in [3.05, 3.63) is 53.8 Å². The lowest BCUT2D eigenvalue weighted by atomic mass is 10.2. The summed E-state index contributed by atoms with van der Waals surface area (Å²) in [5.41, 5.74) is 0.136. The van der Waals surface area contributed by atoms with Gasteiger partial charge in [0.25, 0.3) is 5.91 Å². The minimum atomic E-state index is -4.88. The van der Waals surface area contributed by atoms with E-state index in [-0.39, 0.29) is 23.7 Å². The highest BCUT2D eigenvalue weighted by Gasteiger charge is 2.34. The van der Waals surface area contributed by atoms with Gasteiger partial charge < -0.3 is 15.0 Å². The number of alkyl halides is 3. The second-order valence-electron chi connectivity index (χ2n) is 6.53. The highest BCUT2D eigenvalue weighted by molar-refractivity contribution is 7.22. The maximum Gasteiger partial charge on any atom is 0.573 e. The van der Waals surface area contributed by atoms with Crippen LogP contribution in [0.3, 0.4) is 0 Å². The third-order valence-electron chi connectivity index (χ3n) is 4.52. The number of fused-ring (bicyclic) bond motifs is 1.